The van der Waals surface area contributed by atoms with Gasteiger partial charge in [0.2, 0.25) is 0 Å². The molecule has 0 aromatic heterocycles. The van der Waals surface area contributed by atoms with Crippen LogP contribution in [0.4, 0.5) is 0 Å². The molecule has 0 amide bonds. The quantitative estimate of drug-likeness (QED) is 0.403. The van der Waals surface area contributed by atoms with Gasteiger partial charge >= 0.3 is 0 Å². The summed E-state index contributed by atoms with van der Waals surface area (Å²) in [4.78, 5) is 0. The monoisotopic (exact) mass is 147 g/mol. The van der Waals surface area contributed by atoms with E-state index >= 15 is 0 Å². The molecule has 3 fully saturated rings. The zero-order chi connectivity index (χ0) is 7.00. The number of fused-ring (bicyclic) bond motifs is 8. The Morgan fingerprint density at radius 3 is 3.00 bits per heavy atom. The largest absolute Gasteiger partial charge is 0.308 e. The second-order valence-corrected chi connectivity index (χ2v) is 4.69. The molecule has 4 rings (SSSR count). The van der Waals surface area contributed by atoms with E-state index in [2.05, 4.69) is 17.5 Å². The fourth-order valence-corrected chi connectivity index (χ4v) is 4.00. The molecule has 1 aliphatic heterocycles. The van der Waals surface area contributed by atoms with Crippen LogP contribution in [-0.4, -0.2) is 12.1 Å². The summed E-state index contributed by atoms with van der Waals surface area (Å²) in [5.41, 5.74) is 0. The smallest absolute Gasteiger partial charge is 0.0261 e. The van der Waals surface area contributed by atoms with E-state index in [0.717, 1.165) is 35.8 Å². The van der Waals surface area contributed by atoms with E-state index in [-0.39, 0.29) is 0 Å². The Morgan fingerprint density at radius 2 is 2.00 bits per heavy atom. The molecule has 2 unspecified atom stereocenters. The number of hydrogen-bond acceptors (Lipinski definition) is 1. The van der Waals surface area contributed by atoms with E-state index in [1.165, 1.54) is 6.42 Å². The van der Waals surface area contributed by atoms with Crippen LogP contribution in [0.1, 0.15) is 12.8 Å². The highest BCUT2D eigenvalue weighted by molar-refractivity contribution is 5.26. The average Bonchev–Trinajstić information content (AvgIpc) is 2.46. The van der Waals surface area contributed by atoms with Crippen molar-refractivity contribution in [2.45, 2.75) is 24.9 Å². The molecule has 2 saturated carbocycles. The van der Waals surface area contributed by atoms with Crippen molar-refractivity contribution in [3.63, 3.8) is 0 Å². The van der Waals surface area contributed by atoms with Gasteiger partial charge in [-0.25, -0.2) is 0 Å². The lowest BCUT2D eigenvalue weighted by atomic mass is 9.82. The Labute approximate surface area is 66.9 Å². The molecule has 0 spiro atoms. The SMILES string of the molecule is C1=C[C@@H]2[C@H](C1)[C@H]1C[C@@H]2C2NC21. The van der Waals surface area contributed by atoms with Crippen LogP contribution in [0.25, 0.3) is 0 Å². The lowest BCUT2D eigenvalue weighted by molar-refractivity contribution is 0.319. The molecule has 2 bridgehead atoms. The van der Waals surface area contributed by atoms with Crippen LogP contribution in [0.5, 0.6) is 0 Å². The molecular weight excluding hydrogens is 134 g/mol. The first-order valence-electron chi connectivity index (χ1n) is 4.88. The van der Waals surface area contributed by atoms with Gasteiger partial charge in [0, 0.05) is 12.1 Å². The van der Waals surface area contributed by atoms with E-state index in [9.17, 15) is 0 Å². The molecule has 1 N–H and O–H groups in total. The first-order chi connectivity index (χ1) is 5.45. The number of piperidine rings is 1. The molecule has 11 heavy (non-hydrogen) atoms. The van der Waals surface area contributed by atoms with Gasteiger partial charge in [-0.1, -0.05) is 12.2 Å². The lowest BCUT2D eigenvalue weighted by Gasteiger charge is -2.21. The second kappa shape index (κ2) is 1.42. The number of rotatable bonds is 0. The van der Waals surface area contributed by atoms with E-state index in [1.807, 2.05) is 0 Å². The molecule has 1 heterocycles. The van der Waals surface area contributed by atoms with Gasteiger partial charge in [-0.05, 0) is 36.5 Å². The van der Waals surface area contributed by atoms with E-state index < -0.39 is 0 Å². The summed E-state index contributed by atoms with van der Waals surface area (Å²) in [6.07, 6.45) is 7.84. The van der Waals surface area contributed by atoms with Crippen molar-refractivity contribution in [3.05, 3.63) is 12.2 Å². The van der Waals surface area contributed by atoms with Crippen LogP contribution in [-0.2, 0) is 0 Å². The summed E-state index contributed by atoms with van der Waals surface area (Å²) in [7, 11) is 0. The van der Waals surface area contributed by atoms with Crippen LogP contribution in [0.3, 0.4) is 0 Å². The lowest BCUT2D eigenvalue weighted by Crippen LogP contribution is -2.23. The molecule has 4 aliphatic rings. The van der Waals surface area contributed by atoms with Crippen molar-refractivity contribution in [2.75, 3.05) is 0 Å². The topological polar surface area (TPSA) is 21.9 Å². The number of hydrogen-bond donors (Lipinski definition) is 1. The molecule has 1 heteroatoms. The average molecular weight is 147 g/mol. The van der Waals surface area contributed by atoms with E-state index in [4.69, 9.17) is 0 Å². The fraction of sp³-hybridized carbons (Fsp3) is 0.800. The zero-order valence-corrected chi connectivity index (χ0v) is 6.53. The van der Waals surface area contributed by atoms with Gasteiger partial charge in [-0.3, -0.25) is 0 Å². The molecule has 1 nitrogen and oxygen atoms in total. The van der Waals surface area contributed by atoms with Gasteiger partial charge in [0.25, 0.3) is 0 Å². The Balaban J connectivity index is 1.82. The normalized spacial score (nSPS) is 68.4. The molecule has 6 atom stereocenters. The van der Waals surface area contributed by atoms with Gasteiger partial charge in [0.1, 0.15) is 0 Å². The van der Waals surface area contributed by atoms with Crippen molar-refractivity contribution in [3.8, 4) is 0 Å². The van der Waals surface area contributed by atoms with E-state index in [0.29, 0.717) is 0 Å². The minimum Gasteiger partial charge on any atom is -0.308 e. The van der Waals surface area contributed by atoms with Crippen LogP contribution in [0.2, 0.25) is 0 Å². The van der Waals surface area contributed by atoms with Crippen LogP contribution < -0.4 is 5.32 Å². The van der Waals surface area contributed by atoms with Crippen LogP contribution in [0.15, 0.2) is 12.2 Å². The van der Waals surface area contributed by atoms with Crippen LogP contribution in [0, 0.1) is 23.7 Å². The Bertz CT molecular complexity index is 245. The number of nitrogens with one attached hydrogen (secondary N) is 1. The maximum absolute atomic E-state index is 3.62. The molecule has 0 aromatic rings. The molecule has 1 saturated heterocycles. The fourth-order valence-electron chi connectivity index (χ4n) is 4.00. The first kappa shape index (κ1) is 5.36. The van der Waals surface area contributed by atoms with Gasteiger partial charge < -0.3 is 5.32 Å². The van der Waals surface area contributed by atoms with Gasteiger partial charge in [-0.15, -0.1) is 0 Å². The summed E-state index contributed by atoms with van der Waals surface area (Å²) in [5, 5.41) is 3.62. The molecular formula is C10H13N. The Hall–Kier alpha value is -0.300. The van der Waals surface area contributed by atoms with Crippen molar-refractivity contribution in [2.24, 2.45) is 23.7 Å². The third kappa shape index (κ3) is 0.451. The summed E-state index contributed by atoms with van der Waals surface area (Å²) >= 11 is 0. The summed E-state index contributed by atoms with van der Waals surface area (Å²) < 4.78 is 0. The van der Waals surface area contributed by atoms with Crippen LogP contribution >= 0.6 is 0 Å². The predicted octanol–water partition coefficient (Wildman–Crippen LogP) is 1.17. The van der Waals surface area contributed by atoms with Gasteiger partial charge in [-0.2, -0.15) is 0 Å². The maximum atomic E-state index is 3.62. The highest BCUT2D eigenvalue weighted by Gasteiger charge is 2.64. The first-order valence-corrected chi connectivity index (χ1v) is 4.88. The van der Waals surface area contributed by atoms with Crippen molar-refractivity contribution in [1.82, 2.24) is 5.32 Å². The van der Waals surface area contributed by atoms with Gasteiger partial charge in [0.15, 0.2) is 0 Å². The molecule has 58 valence electrons. The second-order valence-electron chi connectivity index (χ2n) is 4.69. The molecule has 0 radical (unpaired) electrons. The van der Waals surface area contributed by atoms with Crippen molar-refractivity contribution >= 4 is 0 Å². The van der Waals surface area contributed by atoms with Crippen molar-refractivity contribution in [1.29, 1.82) is 0 Å². The molecule has 0 aromatic carbocycles. The Kier molecular flexibility index (Phi) is 0.695. The third-order valence-electron chi connectivity index (χ3n) is 4.43. The third-order valence-corrected chi connectivity index (χ3v) is 4.43. The zero-order valence-electron chi connectivity index (χ0n) is 6.53. The minimum atomic E-state index is 0.948. The summed E-state index contributed by atoms with van der Waals surface area (Å²) in [6, 6.07) is 1.91. The summed E-state index contributed by atoms with van der Waals surface area (Å²) in [5.74, 6) is 4.13. The Morgan fingerprint density at radius 1 is 1.09 bits per heavy atom. The highest BCUT2D eigenvalue weighted by Crippen LogP contribution is 2.60. The number of allylic oxidation sites excluding steroid dienone is 2. The minimum absolute atomic E-state index is 0.948. The van der Waals surface area contributed by atoms with E-state index in [1.54, 1.807) is 6.42 Å². The standard InChI is InChI=1S/C10H13N/c1-2-5-6(3-1)8-4-7(5)9-10(8)11-9/h1-2,5-11H,3-4H2/t5-,6+,7+,8-,9?,10?/m1/s1. The van der Waals surface area contributed by atoms with Gasteiger partial charge in [0.05, 0.1) is 0 Å². The molecule has 3 aliphatic carbocycles. The highest BCUT2D eigenvalue weighted by atomic mass is 15.2. The summed E-state index contributed by atoms with van der Waals surface area (Å²) in [6.45, 7) is 0. The predicted molar refractivity (Wildman–Crippen MR) is 43.0 cm³/mol. The van der Waals surface area contributed by atoms with Crippen molar-refractivity contribution < 1.29 is 0 Å². The maximum Gasteiger partial charge on any atom is 0.0261 e.